The van der Waals surface area contributed by atoms with E-state index in [1.807, 2.05) is 49.4 Å². The Morgan fingerprint density at radius 1 is 1.03 bits per heavy atom. The molecule has 0 radical (unpaired) electrons. The Labute approximate surface area is 189 Å². The van der Waals surface area contributed by atoms with Crippen LogP contribution in [0.2, 0.25) is 0 Å². The number of guanidine groups is 1. The average Bonchev–Trinajstić information content (AvgIpc) is 2.70. The molecule has 0 spiro atoms. The minimum Gasteiger partial charge on any atom is -0.497 e. The summed E-state index contributed by atoms with van der Waals surface area (Å²) in [5, 5.41) is 9.33. The molecule has 0 saturated carbocycles. The molecule has 3 N–H and O–H groups in total. The van der Waals surface area contributed by atoms with Crippen molar-refractivity contribution in [3.63, 3.8) is 0 Å². The van der Waals surface area contributed by atoms with E-state index in [-0.39, 0.29) is 29.9 Å². The fourth-order valence-corrected chi connectivity index (χ4v) is 2.62. The van der Waals surface area contributed by atoms with Gasteiger partial charge in [-0.1, -0.05) is 18.2 Å². The third-order valence-electron chi connectivity index (χ3n) is 3.93. The van der Waals surface area contributed by atoms with Crippen LogP contribution in [0.3, 0.4) is 0 Å². The van der Waals surface area contributed by atoms with Crippen LogP contribution in [0.25, 0.3) is 0 Å². The lowest BCUT2D eigenvalue weighted by molar-refractivity contribution is -0.114. The predicted octanol–water partition coefficient (Wildman–Crippen LogP) is 3.54. The van der Waals surface area contributed by atoms with Gasteiger partial charge in [-0.3, -0.25) is 4.79 Å². The quantitative estimate of drug-likeness (QED) is 0.287. The Morgan fingerprint density at radius 2 is 1.83 bits per heavy atom. The summed E-state index contributed by atoms with van der Waals surface area (Å²) in [6, 6.07) is 13.5. The lowest BCUT2D eigenvalue weighted by Crippen LogP contribution is -2.36. The van der Waals surface area contributed by atoms with E-state index in [0.717, 1.165) is 23.4 Å². The summed E-state index contributed by atoms with van der Waals surface area (Å²) in [6.45, 7) is 5.33. The normalized spacial score (nSPS) is 10.6. The zero-order chi connectivity index (χ0) is 20.4. The molecular weight excluding hydrogens is 483 g/mol. The van der Waals surface area contributed by atoms with Gasteiger partial charge in [0.1, 0.15) is 11.5 Å². The highest BCUT2D eigenvalue weighted by Crippen LogP contribution is 2.25. The zero-order valence-electron chi connectivity index (χ0n) is 17.2. The Hall–Kier alpha value is -2.49. The van der Waals surface area contributed by atoms with E-state index in [2.05, 4.69) is 20.9 Å². The van der Waals surface area contributed by atoms with Crippen molar-refractivity contribution in [1.29, 1.82) is 0 Å². The molecule has 29 heavy (non-hydrogen) atoms. The summed E-state index contributed by atoms with van der Waals surface area (Å²) in [5.41, 5.74) is 2.71. The number of nitrogens with one attached hydrogen (secondary N) is 3. The van der Waals surface area contributed by atoms with E-state index in [1.165, 1.54) is 6.92 Å². The van der Waals surface area contributed by atoms with E-state index in [9.17, 15) is 4.79 Å². The maximum Gasteiger partial charge on any atom is 0.221 e. The van der Waals surface area contributed by atoms with Crippen LogP contribution in [0.15, 0.2) is 47.5 Å². The van der Waals surface area contributed by atoms with Crippen molar-refractivity contribution in [2.24, 2.45) is 4.99 Å². The number of carbonyl (C=O) groups excluding carboxylic acids is 1. The number of nitrogens with zero attached hydrogens (tertiary/aromatic N) is 1. The second-order valence-electron chi connectivity index (χ2n) is 6.12. The van der Waals surface area contributed by atoms with Gasteiger partial charge < -0.3 is 25.4 Å². The second-order valence-corrected chi connectivity index (χ2v) is 6.12. The van der Waals surface area contributed by atoms with Crippen molar-refractivity contribution >= 4 is 41.5 Å². The van der Waals surface area contributed by atoms with Gasteiger partial charge >= 0.3 is 0 Å². The first kappa shape index (κ1) is 24.5. The fourth-order valence-electron chi connectivity index (χ4n) is 2.62. The lowest BCUT2D eigenvalue weighted by Gasteiger charge is -2.14. The molecule has 2 aromatic carbocycles. The Morgan fingerprint density at radius 3 is 2.48 bits per heavy atom. The number of aliphatic imine (C=N–C) groups is 1. The molecule has 0 atom stereocenters. The number of hydrogen-bond acceptors (Lipinski definition) is 4. The fraction of sp³-hybridized carbons (Fsp3) is 0.333. The minimum atomic E-state index is -0.142. The van der Waals surface area contributed by atoms with Crippen molar-refractivity contribution in [1.82, 2.24) is 10.6 Å². The predicted molar refractivity (Wildman–Crippen MR) is 127 cm³/mol. The Kier molecular flexibility index (Phi) is 10.9. The van der Waals surface area contributed by atoms with Gasteiger partial charge in [0.25, 0.3) is 0 Å². The maximum absolute atomic E-state index is 11.4. The van der Waals surface area contributed by atoms with Crippen LogP contribution < -0.4 is 25.4 Å². The van der Waals surface area contributed by atoms with E-state index in [4.69, 9.17) is 9.47 Å². The van der Waals surface area contributed by atoms with Gasteiger partial charge in [-0.2, -0.15) is 0 Å². The van der Waals surface area contributed by atoms with Crippen LogP contribution in [-0.2, 0) is 17.9 Å². The SMILES string of the molecule is CCNC(=NCc1cccc(OC)c1)NCc1ccc(OC)c(NC(C)=O)c1.I. The number of amides is 1. The van der Waals surface area contributed by atoms with Crippen LogP contribution in [0, 0.1) is 0 Å². The summed E-state index contributed by atoms with van der Waals surface area (Å²) in [4.78, 5) is 16.0. The molecule has 1 amide bonds. The molecule has 0 aliphatic carbocycles. The monoisotopic (exact) mass is 512 g/mol. The van der Waals surface area contributed by atoms with Crippen LogP contribution >= 0.6 is 24.0 Å². The summed E-state index contributed by atoms with van der Waals surface area (Å²) in [6.07, 6.45) is 0. The van der Waals surface area contributed by atoms with E-state index in [0.29, 0.717) is 30.5 Å². The summed E-state index contributed by atoms with van der Waals surface area (Å²) in [5.74, 6) is 2.01. The van der Waals surface area contributed by atoms with Gasteiger partial charge in [0.05, 0.1) is 26.5 Å². The van der Waals surface area contributed by atoms with Crippen LogP contribution in [0.4, 0.5) is 5.69 Å². The number of benzene rings is 2. The highest BCUT2D eigenvalue weighted by Gasteiger charge is 2.07. The lowest BCUT2D eigenvalue weighted by atomic mass is 10.2. The minimum absolute atomic E-state index is 0. The molecule has 2 aromatic rings. The summed E-state index contributed by atoms with van der Waals surface area (Å²) in [7, 11) is 3.23. The van der Waals surface area contributed by atoms with Crippen molar-refractivity contribution in [2.45, 2.75) is 26.9 Å². The summed E-state index contributed by atoms with van der Waals surface area (Å²) < 4.78 is 10.5. The summed E-state index contributed by atoms with van der Waals surface area (Å²) >= 11 is 0. The van der Waals surface area contributed by atoms with E-state index >= 15 is 0 Å². The molecule has 0 saturated heterocycles. The number of carbonyl (C=O) groups is 1. The molecule has 158 valence electrons. The molecule has 8 heteroatoms. The van der Waals surface area contributed by atoms with Gasteiger partial charge in [0.2, 0.25) is 5.91 Å². The van der Waals surface area contributed by atoms with Gasteiger partial charge in [0, 0.05) is 20.0 Å². The number of hydrogen-bond donors (Lipinski definition) is 3. The molecule has 7 nitrogen and oxygen atoms in total. The average molecular weight is 512 g/mol. The van der Waals surface area contributed by atoms with E-state index < -0.39 is 0 Å². The molecule has 0 fully saturated rings. The highest BCUT2D eigenvalue weighted by molar-refractivity contribution is 14.0. The Bertz CT molecular complexity index is 827. The molecule has 0 unspecified atom stereocenters. The third kappa shape index (κ3) is 8.18. The molecule has 2 rings (SSSR count). The van der Waals surface area contributed by atoms with Crippen molar-refractivity contribution in [2.75, 3.05) is 26.1 Å². The molecule has 0 aliphatic rings. The molecular formula is C21H29IN4O3. The standard InChI is InChI=1S/C21H28N4O3.HI/c1-5-22-21(23-13-16-7-6-8-18(11-16)27-3)24-14-17-9-10-20(28-4)19(12-17)25-15(2)26;/h6-12H,5,13-14H2,1-4H3,(H,25,26)(H2,22,23,24);1H. The van der Waals surface area contributed by atoms with E-state index in [1.54, 1.807) is 14.2 Å². The van der Waals surface area contributed by atoms with Gasteiger partial charge in [0.15, 0.2) is 5.96 Å². The number of halogens is 1. The first-order valence-corrected chi connectivity index (χ1v) is 9.15. The van der Waals surface area contributed by atoms with Crippen LogP contribution in [0.5, 0.6) is 11.5 Å². The first-order valence-electron chi connectivity index (χ1n) is 9.15. The van der Waals surface area contributed by atoms with Crippen LogP contribution in [0.1, 0.15) is 25.0 Å². The van der Waals surface area contributed by atoms with Gasteiger partial charge in [-0.15, -0.1) is 24.0 Å². The molecule has 0 heterocycles. The van der Waals surface area contributed by atoms with Crippen LogP contribution in [-0.4, -0.2) is 32.6 Å². The third-order valence-corrected chi connectivity index (χ3v) is 3.93. The topological polar surface area (TPSA) is 84.0 Å². The Balaban J connectivity index is 0.00000420. The van der Waals surface area contributed by atoms with Crippen molar-refractivity contribution in [3.05, 3.63) is 53.6 Å². The first-order chi connectivity index (χ1) is 13.5. The number of ether oxygens (including phenoxy) is 2. The molecule has 0 bridgehead atoms. The van der Waals surface area contributed by atoms with Gasteiger partial charge in [-0.25, -0.2) is 4.99 Å². The number of anilines is 1. The maximum atomic E-state index is 11.4. The highest BCUT2D eigenvalue weighted by atomic mass is 127. The second kappa shape index (κ2) is 12.9. The molecule has 0 aromatic heterocycles. The largest absolute Gasteiger partial charge is 0.497 e. The van der Waals surface area contributed by atoms with Crippen molar-refractivity contribution < 1.29 is 14.3 Å². The van der Waals surface area contributed by atoms with Gasteiger partial charge in [-0.05, 0) is 42.3 Å². The van der Waals surface area contributed by atoms with Crippen molar-refractivity contribution in [3.8, 4) is 11.5 Å². The zero-order valence-corrected chi connectivity index (χ0v) is 19.6. The number of rotatable bonds is 8. The number of methoxy groups -OCH3 is 2. The smallest absolute Gasteiger partial charge is 0.221 e. The molecule has 0 aliphatic heterocycles.